The van der Waals surface area contributed by atoms with Crippen LogP contribution >= 0.6 is 11.3 Å². The summed E-state index contributed by atoms with van der Waals surface area (Å²) in [6, 6.07) is 11.0. The highest BCUT2D eigenvalue weighted by atomic mass is 32.1. The van der Waals surface area contributed by atoms with E-state index in [-0.39, 0.29) is 28.9 Å². The van der Waals surface area contributed by atoms with E-state index < -0.39 is 0 Å². The van der Waals surface area contributed by atoms with E-state index in [1.165, 1.54) is 35.6 Å². The lowest BCUT2D eigenvalue weighted by molar-refractivity contribution is 0.0788. The predicted octanol–water partition coefficient (Wildman–Crippen LogP) is 3.89. The van der Waals surface area contributed by atoms with Crippen molar-refractivity contribution in [1.29, 1.82) is 0 Å². The van der Waals surface area contributed by atoms with Crippen LogP contribution in [0.4, 0.5) is 4.39 Å². The Balaban J connectivity index is 1.87. The molecule has 0 fully saturated rings. The highest BCUT2D eigenvalue weighted by molar-refractivity contribution is 7.11. The SMILES string of the molecule is COc1ccc(C(C)=O)cc1Cn1c(C)c(C(=O)N(C)Cc2ccc(F)cc2)sc1=O. The Morgan fingerprint density at radius 2 is 1.84 bits per heavy atom. The van der Waals surface area contributed by atoms with Crippen LogP contribution in [-0.4, -0.2) is 35.3 Å². The lowest BCUT2D eigenvalue weighted by Gasteiger charge is -2.17. The Morgan fingerprint density at radius 3 is 2.45 bits per heavy atom. The molecule has 6 nitrogen and oxygen atoms in total. The van der Waals surface area contributed by atoms with Gasteiger partial charge in [-0.1, -0.05) is 23.5 Å². The average molecular weight is 443 g/mol. The van der Waals surface area contributed by atoms with E-state index in [1.54, 1.807) is 44.3 Å². The smallest absolute Gasteiger partial charge is 0.308 e. The Labute approximate surface area is 183 Å². The molecule has 0 saturated heterocycles. The van der Waals surface area contributed by atoms with Crippen molar-refractivity contribution in [2.45, 2.75) is 26.9 Å². The molecule has 0 radical (unpaired) electrons. The molecule has 1 aromatic heterocycles. The van der Waals surface area contributed by atoms with Crippen molar-refractivity contribution in [3.63, 3.8) is 0 Å². The second-order valence-electron chi connectivity index (χ2n) is 7.24. The number of carbonyl (C=O) groups is 2. The summed E-state index contributed by atoms with van der Waals surface area (Å²) in [5.74, 6) is -0.152. The lowest BCUT2D eigenvalue weighted by Crippen LogP contribution is -2.26. The van der Waals surface area contributed by atoms with Gasteiger partial charge in [-0.2, -0.15) is 0 Å². The van der Waals surface area contributed by atoms with Crippen LogP contribution < -0.4 is 9.61 Å². The zero-order valence-electron chi connectivity index (χ0n) is 17.8. The number of benzene rings is 2. The van der Waals surface area contributed by atoms with Gasteiger partial charge in [0.15, 0.2) is 5.78 Å². The van der Waals surface area contributed by atoms with Crippen molar-refractivity contribution in [3.05, 3.63) is 85.2 Å². The minimum atomic E-state index is -0.340. The zero-order chi connectivity index (χ0) is 22.7. The van der Waals surface area contributed by atoms with Crippen molar-refractivity contribution in [2.24, 2.45) is 0 Å². The first-order valence-electron chi connectivity index (χ1n) is 9.59. The Hall–Kier alpha value is -3.26. The zero-order valence-corrected chi connectivity index (χ0v) is 18.6. The van der Waals surface area contributed by atoms with Crippen molar-refractivity contribution < 1.29 is 18.7 Å². The van der Waals surface area contributed by atoms with E-state index in [0.29, 0.717) is 34.0 Å². The summed E-state index contributed by atoms with van der Waals surface area (Å²) >= 11 is 0.882. The third-order valence-electron chi connectivity index (χ3n) is 5.03. The number of carbonyl (C=O) groups excluding carboxylic acids is 2. The normalized spacial score (nSPS) is 10.7. The van der Waals surface area contributed by atoms with Gasteiger partial charge in [-0.05, 0) is 49.7 Å². The minimum absolute atomic E-state index is 0.0865. The first-order valence-corrected chi connectivity index (χ1v) is 10.4. The van der Waals surface area contributed by atoms with Crippen molar-refractivity contribution in [2.75, 3.05) is 14.2 Å². The maximum Gasteiger partial charge on any atom is 0.308 e. The van der Waals surface area contributed by atoms with Gasteiger partial charge in [0.1, 0.15) is 16.4 Å². The number of nitrogens with zero attached hydrogens (tertiary/aromatic N) is 2. The fourth-order valence-electron chi connectivity index (χ4n) is 3.26. The Bertz CT molecular complexity index is 1180. The van der Waals surface area contributed by atoms with Gasteiger partial charge in [-0.25, -0.2) is 4.39 Å². The summed E-state index contributed by atoms with van der Waals surface area (Å²) < 4.78 is 20.0. The number of amides is 1. The third kappa shape index (κ3) is 4.91. The van der Waals surface area contributed by atoms with E-state index in [2.05, 4.69) is 0 Å². The molecule has 0 unspecified atom stereocenters. The molecule has 0 atom stereocenters. The maximum absolute atomic E-state index is 13.1. The number of methoxy groups -OCH3 is 1. The first-order chi connectivity index (χ1) is 14.7. The molecular weight excluding hydrogens is 419 g/mol. The molecule has 0 aliphatic heterocycles. The van der Waals surface area contributed by atoms with Gasteiger partial charge in [0.05, 0.1) is 13.7 Å². The number of ether oxygens (including phenoxy) is 1. The summed E-state index contributed by atoms with van der Waals surface area (Å²) in [7, 11) is 3.16. The standard InChI is InChI=1S/C23H23FN2O4S/c1-14-21(22(28)25(3)12-16-5-8-19(24)9-6-16)31-23(29)26(14)13-18-11-17(15(2)27)7-10-20(18)30-4/h5-11H,12-13H2,1-4H3. The number of ketones is 1. The molecule has 0 bridgehead atoms. The number of rotatable bonds is 7. The van der Waals surface area contributed by atoms with Crippen LogP contribution in [0.3, 0.4) is 0 Å². The topological polar surface area (TPSA) is 68.6 Å². The average Bonchev–Trinajstić information content (AvgIpc) is 3.02. The van der Waals surface area contributed by atoms with E-state index in [1.807, 2.05) is 0 Å². The second kappa shape index (κ2) is 9.26. The molecule has 0 saturated carbocycles. The van der Waals surface area contributed by atoms with E-state index in [4.69, 9.17) is 4.74 Å². The summed E-state index contributed by atoms with van der Waals surface area (Å²) in [6.45, 7) is 3.67. The molecule has 0 aliphatic carbocycles. The van der Waals surface area contributed by atoms with Gasteiger partial charge in [0, 0.05) is 30.4 Å². The summed E-state index contributed by atoms with van der Waals surface area (Å²) in [5, 5.41) is 0. The molecule has 8 heteroatoms. The van der Waals surface area contributed by atoms with Gasteiger partial charge >= 0.3 is 4.87 Å². The molecular formula is C23H23FN2O4S. The van der Waals surface area contributed by atoms with Crippen molar-refractivity contribution >= 4 is 23.0 Å². The highest BCUT2D eigenvalue weighted by Crippen LogP contribution is 2.23. The number of thiazole rings is 1. The second-order valence-corrected chi connectivity index (χ2v) is 8.20. The van der Waals surface area contributed by atoms with E-state index >= 15 is 0 Å². The van der Waals surface area contributed by atoms with Crippen LogP contribution in [0.2, 0.25) is 0 Å². The number of hydrogen-bond acceptors (Lipinski definition) is 5. The number of halogens is 1. The van der Waals surface area contributed by atoms with Crippen LogP contribution in [0.1, 0.15) is 43.8 Å². The van der Waals surface area contributed by atoms with E-state index in [0.717, 1.165) is 16.9 Å². The summed E-state index contributed by atoms with van der Waals surface area (Å²) in [5.41, 5.74) is 2.53. The van der Waals surface area contributed by atoms with Gasteiger partial charge < -0.3 is 9.64 Å². The highest BCUT2D eigenvalue weighted by Gasteiger charge is 2.22. The molecule has 31 heavy (non-hydrogen) atoms. The van der Waals surface area contributed by atoms with Gasteiger partial charge in [0.25, 0.3) is 5.91 Å². The van der Waals surface area contributed by atoms with Gasteiger partial charge in [0.2, 0.25) is 0 Å². The molecule has 0 N–H and O–H groups in total. The lowest BCUT2D eigenvalue weighted by atomic mass is 10.1. The first kappa shape index (κ1) is 22.4. The monoisotopic (exact) mass is 442 g/mol. The van der Waals surface area contributed by atoms with E-state index in [9.17, 15) is 18.8 Å². The molecule has 0 spiro atoms. The van der Waals surface area contributed by atoms with Crippen LogP contribution in [0.25, 0.3) is 0 Å². The van der Waals surface area contributed by atoms with Crippen LogP contribution in [-0.2, 0) is 13.1 Å². The largest absolute Gasteiger partial charge is 0.496 e. The van der Waals surface area contributed by atoms with Crippen molar-refractivity contribution in [1.82, 2.24) is 9.47 Å². The summed E-state index contributed by atoms with van der Waals surface area (Å²) in [6.07, 6.45) is 0. The van der Waals surface area contributed by atoms with Crippen LogP contribution in [0, 0.1) is 12.7 Å². The fourth-order valence-corrected chi connectivity index (χ4v) is 4.24. The van der Waals surface area contributed by atoms with Crippen molar-refractivity contribution in [3.8, 4) is 5.75 Å². The molecule has 1 heterocycles. The molecule has 3 rings (SSSR count). The fraction of sp³-hybridized carbons (Fsp3) is 0.261. The van der Waals surface area contributed by atoms with Crippen LogP contribution in [0.15, 0.2) is 47.3 Å². The molecule has 0 aliphatic rings. The molecule has 2 aromatic carbocycles. The van der Waals surface area contributed by atoms with Gasteiger partial charge in [-0.15, -0.1) is 0 Å². The number of Topliss-reactive ketones (excluding diaryl/α,β-unsaturated/α-hetero) is 1. The Kier molecular flexibility index (Phi) is 6.70. The summed E-state index contributed by atoms with van der Waals surface area (Å²) in [4.78, 5) is 38.9. The molecule has 1 amide bonds. The maximum atomic E-state index is 13.1. The Morgan fingerprint density at radius 1 is 1.16 bits per heavy atom. The molecule has 162 valence electrons. The van der Waals surface area contributed by atoms with Crippen LogP contribution in [0.5, 0.6) is 5.75 Å². The predicted molar refractivity (Wildman–Crippen MR) is 118 cm³/mol. The van der Waals surface area contributed by atoms with Gasteiger partial charge in [-0.3, -0.25) is 19.0 Å². The number of aromatic nitrogens is 1. The minimum Gasteiger partial charge on any atom is -0.496 e. The number of hydrogen-bond donors (Lipinski definition) is 0. The molecule has 3 aromatic rings. The third-order valence-corrected chi connectivity index (χ3v) is 6.10. The quantitative estimate of drug-likeness (QED) is 0.521.